The zero-order valence-corrected chi connectivity index (χ0v) is 15.4. The number of nitrogens with zero attached hydrogens (tertiary/aromatic N) is 2. The number of piperidine rings is 1. The third kappa shape index (κ3) is 3.19. The number of rotatable bonds is 4. The summed E-state index contributed by atoms with van der Waals surface area (Å²) in [6.07, 6.45) is 2.12. The first-order chi connectivity index (χ1) is 11.5. The van der Waals surface area contributed by atoms with Crippen LogP contribution < -0.4 is 4.74 Å². The van der Waals surface area contributed by atoms with Gasteiger partial charge in [0.1, 0.15) is 10.4 Å². The zero-order chi connectivity index (χ0) is 17.3. The van der Waals surface area contributed by atoms with Crippen molar-refractivity contribution in [1.82, 2.24) is 9.80 Å². The zero-order valence-electron chi connectivity index (χ0n) is 13.8. The van der Waals surface area contributed by atoms with Gasteiger partial charge in [0.25, 0.3) is 5.91 Å². The van der Waals surface area contributed by atoms with Gasteiger partial charge in [0.2, 0.25) is 0 Å². The van der Waals surface area contributed by atoms with Crippen molar-refractivity contribution in [3.63, 3.8) is 0 Å². The summed E-state index contributed by atoms with van der Waals surface area (Å²) < 4.78 is 11.0. The smallest absolute Gasteiger partial charge is 0.410 e. The van der Waals surface area contributed by atoms with Gasteiger partial charge in [-0.1, -0.05) is 18.5 Å². The highest BCUT2D eigenvalue weighted by Crippen LogP contribution is 2.36. The lowest BCUT2D eigenvalue weighted by atomic mass is 10.0. The van der Waals surface area contributed by atoms with Gasteiger partial charge in [-0.2, -0.15) is 0 Å². The molecule has 2 amide bonds. The van der Waals surface area contributed by atoms with Crippen LogP contribution in [0.1, 0.15) is 36.5 Å². The number of amides is 2. The molecule has 1 atom stereocenters. The van der Waals surface area contributed by atoms with Crippen molar-refractivity contribution in [3.8, 4) is 5.75 Å². The van der Waals surface area contributed by atoms with Crippen LogP contribution in [0.2, 0.25) is 4.34 Å². The van der Waals surface area contributed by atoms with Crippen molar-refractivity contribution in [2.75, 3.05) is 26.7 Å². The molecule has 2 aliphatic rings. The number of carbonyl (C=O) groups excluding carboxylic acids is 2. The Labute approximate surface area is 150 Å². The largest absolute Gasteiger partial charge is 0.493 e. The quantitative estimate of drug-likeness (QED) is 0.814. The molecule has 0 radical (unpaired) electrons. The molecule has 0 spiro atoms. The van der Waals surface area contributed by atoms with Crippen molar-refractivity contribution in [2.45, 2.75) is 38.3 Å². The van der Waals surface area contributed by atoms with Crippen molar-refractivity contribution >= 4 is 34.9 Å². The summed E-state index contributed by atoms with van der Waals surface area (Å²) in [5, 5.41) is 1.74. The molecule has 1 unspecified atom stereocenters. The minimum Gasteiger partial charge on any atom is -0.493 e. The van der Waals surface area contributed by atoms with Gasteiger partial charge in [-0.15, -0.1) is 11.3 Å². The topological polar surface area (TPSA) is 59.1 Å². The summed E-state index contributed by atoms with van der Waals surface area (Å²) in [5.74, 6) is 0.381. The van der Waals surface area contributed by atoms with Gasteiger partial charge in [-0.25, -0.2) is 4.79 Å². The first kappa shape index (κ1) is 17.4. The lowest BCUT2D eigenvalue weighted by molar-refractivity contribution is 0.0656. The molecule has 8 heteroatoms. The van der Waals surface area contributed by atoms with Gasteiger partial charge in [0, 0.05) is 24.5 Å². The van der Waals surface area contributed by atoms with Crippen LogP contribution in [0, 0.1) is 0 Å². The fourth-order valence-corrected chi connectivity index (χ4v) is 4.31. The highest BCUT2D eigenvalue weighted by atomic mass is 35.5. The fraction of sp³-hybridized carbons (Fsp3) is 0.625. The van der Waals surface area contributed by atoms with Gasteiger partial charge < -0.3 is 19.3 Å². The maximum absolute atomic E-state index is 12.7. The van der Waals surface area contributed by atoms with E-state index < -0.39 is 0 Å². The van der Waals surface area contributed by atoms with E-state index in [-0.39, 0.29) is 24.1 Å². The molecule has 3 heterocycles. The summed E-state index contributed by atoms with van der Waals surface area (Å²) in [4.78, 5) is 28.3. The van der Waals surface area contributed by atoms with Crippen LogP contribution in [0.5, 0.6) is 5.75 Å². The van der Waals surface area contributed by atoms with Crippen LogP contribution in [0.3, 0.4) is 0 Å². The van der Waals surface area contributed by atoms with E-state index in [1.54, 1.807) is 10.3 Å². The van der Waals surface area contributed by atoms with Crippen molar-refractivity contribution in [1.29, 1.82) is 0 Å². The number of hydrogen-bond donors (Lipinski definition) is 0. The molecule has 6 nitrogen and oxygen atoms in total. The number of ether oxygens (including phenoxy) is 2. The Morgan fingerprint density at radius 2 is 2.17 bits per heavy atom. The maximum Gasteiger partial charge on any atom is 0.410 e. The Kier molecular flexibility index (Phi) is 5.20. The highest BCUT2D eigenvalue weighted by molar-refractivity contribution is 7.15. The lowest BCUT2D eigenvalue weighted by Gasteiger charge is -2.35. The standard InChI is InChI=1S/C16H21ClN2O4S/c1-3-11-8-19(16(21)23-11)10-4-6-18(7-5-10)15(20)12-9-24-14(17)13(12)22-2/h9-11H,3-8H2,1-2H3. The molecular weight excluding hydrogens is 352 g/mol. The summed E-state index contributed by atoms with van der Waals surface area (Å²) in [5.41, 5.74) is 0.512. The lowest BCUT2D eigenvalue weighted by Crippen LogP contribution is -2.47. The van der Waals surface area contributed by atoms with Crippen LogP contribution in [0.15, 0.2) is 5.38 Å². The summed E-state index contributed by atoms with van der Waals surface area (Å²) in [7, 11) is 1.51. The molecule has 0 aliphatic carbocycles. The Hall–Kier alpha value is -1.47. The Morgan fingerprint density at radius 1 is 1.46 bits per heavy atom. The van der Waals surface area contributed by atoms with E-state index in [0.717, 1.165) is 19.3 Å². The Balaban J connectivity index is 1.61. The molecule has 3 rings (SSSR count). The third-order valence-electron chi connectivity index (χ3n) is 4.69. The molecule has 2 fully saturated rings. The average molecular weight is 373 g/mol. The van der Waals surface area contributed by atoms with Crippen LogP contribution >= 0.6 is 22.9 Å². The molecule has 24 heavy (non-hydrogen) atoms. The molecule has 132 valence electrons. The number of likely N-dealkylation sites (tertiary alicyclic amines) is 1. The summed E-state index contributed by atoms with van der Waals surface area (Å²) in [6.45, 7) is 3.89. The Morgan fingerprint density at radius 3 is 2.75 bits per heavy atom. The average Bonchev–Trinajstić information content (AvgIpc) is 3.16. The van der Waals surface area contributed by atoms with Crippen molar-refractivity contribution < 1.29 is 19.1 Å². The normalized spacial score (nSPS) is 22.0. The van der Waals surface area contributed by atoms with Gasteiger partial charge in [0.15, 0.2) is 5.75 Å². The minimum absolute atomic E-state index is 0.00521. The number of methoxy groups -OCH3 is 1. The first-order valence-corrected chi connectivity index (χ1v) is 9.38. The molecule has 0 aromatic carbocycles. The van der Waals surface area contributed by atoms with E-state index in [1.807, 2.05) is 11.8 Å². The second-order valence-corrected chi connectivity index (χ2v) is 7.53. The predicted octanol–water partition coefficient (Wildman–Crippen LogP) is 3.25. The van der Waals surface area contributed by atoms with Gasteiger partial charge in [0.05, 0.1) is 19.2 Å². The van der Waals surface area contributed by atoms with Crippen LogP contribution in [0.25, 0.3) is 0 Å². The molecule has 0 saturated carbocycles. The SMILES string of the molecule is CCC1CN(C2CCN(C(=O)c3csc(Cl)c3OC)CC2)C(=O)O1. The molecular formula is C16H21ClN2O4S. The summed E-state index contributed by atoms with van der Waals surface area (Å²) in [6, 6.07) is 0.144. The van der Waals surface area contributed by atoms with E-state index in [1.165, 1.54) is 18.4 Å². The van der Waals surface area contributed by atoms with E-state index in [9.17, 15) is 9.59 Å². The van der Waals surface area contributed by atoms with Crippen LogP contribution in [0.4, 0.5) is 4.79 Å². The highest BCUT2D eigenvalue weighted by Gasteiger charge is 2.37. The molecule has 1 aromatic rings. The van der Waals surface area contributed by atoms with E-state index >= 15 is 0 Å². The Bertz CT molecular complexity index is 628. The van der Waals surface area contributed by atoms with Crippen LogP contribution in [-0.2, 0) is 4.74 Å². The molecule has 1 aromatic heterocycles. The summed E-state index contributed by atoms with van der Waals surface area (Å²) >= 11 is 7.34. The minimum atomic E-state index is -0.224. The predicted molar refractivity (Wildman–Crippen MR) is 92.1 cm³/mol. The number of thiophene rings is 1. The van der Waals surface area contributed by atoms with Crippen molar-refractivity contribution in [2.24, 2.45) is 0 Å². The van der Waals surface area contributed by atoms with Gasteiger partial charge >= 0.3 is 6.09 Å². The van der Waals surface area contributed by atoms with E-state index in [4.69, 9.17) is 21.1 Å². The molecule has 0 bridgehead atoms. The molecule has 2 saturated heterocycles. The first-order valence-electron chi connectivity index (χ1n) is 8.12. The second-order valence-electron chi connectivity index (χ2n) is 6.05. The van der Waals surface area contributed by atoms with E-state index in [2.05, 4.69) is 0 Å². The van der Waals surface area contributed by atoms with Crippen LogP contribution in [-0.4, -0.2) is 60.7 Å². The number of hydrogen-bond acceptors (Lipinski definition) is 5. The molecule has 2 aliphatic heterocycles. The molecule has 0 N–H and O–H groups in total. The number of carbonyl (C=O) groups is 2. The fourth-order valence-electron chi connectivity index (χ4n) is 3.26. The number of halogens is 1. The van der Waals surface area contributed by atoms with Gasteiger partial charge in [-0.05, 0) is 19.3 Å². The van der Waals surface area contributed by atoms with E-state index in [0.29, 0.717) is 35.3 Å². The van der Waals surface area contributed by atoms with Crippen molar-refractivity contribution in [3.05, 3.63) is 15.3 Å². The third-order valence-corrected chi connectivity index (χ3v) is 5.87. The number of cyclic esters (lactones) is 1. The van der Waals surface area contributed by atoms with Gasteiger partial charge in [-0.3, -0.25) is 4.79 Å². The second kappa shape index (κ2) is 7.19. The maximum atomic E-state index is 12.7. The monoisotopic (exact) mass is 372 g/mol.